The molecule has 2 N–H and O–H groups in total. The van der Waals surface area contributed by atoms with Crippen molar-refractivity contribution < 1.29 is 4.74 Å². The van der Waals surface area contributed by atoms with Crippen molar-refractivity contribution in [2.75, 3.05) is 6.61 Å². The summed E-state index contributed by atoms with van der Waals surface area (Å²) in [5.41, 5.74) is 7.62. The maximum absolute atomic E-state index is 6.40. The van der Waals surface area contributed by atoms with E-state index < -0.39 is 0 Å². The molecule has 1 fully saturated rings. The SMILES string of the molecule is NC(c1csc2c(Br)cccc12)C1CCCCO1. The van der Waals surface area contributed by atoms with Crippen molar-refractivity contribution in [2.45, 2.75) is 31.4 Å². The van der Waals surface area contributed by atoms with Crippen LogP contribution in [0.25, 0.3) is 10.1 Å². The number of hydrogen-bond donors (Lipinski definition) is 1. The fraction of sp³-hybridized carbons (Fsp3) is 0.429. The van der Waals surface area contributed by atoms with Gasteiger partial charge in [0.2, 0.25) is 0 Å². The van der Waals surface area contributed by atoms with Gasteiger partial charge in [0, 0.05) is 15.8 Å². The van der Waals surface area contributed by atoms with E-state index in [1.807, 2.05) is 0 Å². The van der Waals surface area contributed by atoms with Crippen molar-refractivity contribution in [1.82, 2.24) is 0 Å². The average Bonchev–Trinajstić information content (AvgIpc) is 2.84. The molecule has 96 valence electrons. The molecule has 2 nitrogen and oxygen atoms in total. The zero-order valence-corrected chi connectivity index (χ0v) is 12.5. The molecule has 4 heteroatoms. The Morgan fingerprint density at radius 1 is 1.39 bits per heavy atom. The number of ether oxygens (including phenoxy) is 1. The second-order valence-electron chi connectivity index (χ2n) is 4.74. The monoisotopic (exact) mass is 325 g/mol. The number of thiophene rings is 1. The molecule has 2 aromatic rings. The number of benzene rings is 1. The van der Waals surface area contributed by atoms with Crippen LogP contribution in [0.3, 0.4) is 0 Å². The summed E-state index contributed by atoms with van der Waals surface area (Å²) in [6, 6.07) is 6.28. The van der Waals surface area contributed by atoms with Crippen LogP contribution in [0.1, 0.15) is 30.9 Å². The normalized spacial score (nSPS) is 22.2. The summed E-state index contributed by atoms with van der Waals surface area (Å²) in [6.07, 6.45) is 3.64. The quantitative estimate of drug-likeness (QED) is 0.896. The van der Waals surface area contributed by atoms with Gasteiger partial charge in [-0.1, -0.05) is 12.1 Å². The Hall–Kier alpha value is -0.420. The highest BCUT2D eigenvalue weighted by Gasteiger charge is 2.24. The Labute approximate surface area is 119 Å². The molecule has 1 aliphatic heterocycles. The lowest BCUT2D eigenvalue weighted by Crippen LogP contribution is -2.31. The summed E-state index contributed by atoms with van der Waals surface area (Å²) in [7, 11) is 0. The molecule has 0 spiro atoms. The summed E-state index contributed by atoms with van der Waals surface area (Å²) in [6.45, 7) is 0.851. The number of fused-ring (bicyclic) bond motifs is 1. The largest absolute Gasteiger partial charge is 0.376 e. The van der Waals surface area contributed by atoms with E-state index in [0.29, 0.717) is 0 Å². The molecule has 0 saturated carbocycles. The van der Waals surface area contributed by atoms with Crippen molar-refractivity contribution in [3.8, 4) is 0 Å². The van der Waals surface area contributed by atoms with Crippen molar-refractivity contribution in [1.29, 1.82) is 0 Å². The molecule has 0 amide bonds. The van der Waals surface area contributed by atoms with Crippen LogP contribution in [-0.2, 0) is 4.74 Å². The van der Waals surface area contributed by atoms with Crippen LogP contribution >= 0.6 is 27.3 Å². The fourth-order valence-electron chi connectivity index (χ4n) is 2.55. The average molecular weight is 326 g/mol. The van der Waals surface area contributed by atoms with Crippen molar-refractivity contribution >= 4 is 37.4 Å². The standard InChI is InChI=1S/C14H16BrNOS/c15-11-5-3-4-9-10(8-18-14(9)11)13(16)12-6-1-2-7-17-12/h3-5,8,12-13H,1-2,6-7,16H2. The highest BCUT2D eigenvalue weighted by Crippen LogP contribution is 2.37. The maximum atomic E-state index is 6.40. The molecule has 0 bridgehead atoms. The van der Waals surface area contributed by atoms with Gasteiger partial charge in [-0.15, -0.1) is 11.3 Å². The van der Waals surface area contributed by atoms with Crippen molar-refractivity contribution in [2.24, 2.45) is 5.73 Å². The maximum Gasteiger partial charge on any atom is 0.0768 e. The summed E-state index contributed by atoms with van der Waals surface area (Å²) in [4.78, 5) is 0. The predicted octanol–water partition coefficient (Wildman–Crippen LogP) is 4.23. The van der Waals surface area contributed by atoms with Gasteiger partial charge in [0.1, 0.15) is 0 Å². The molecule has 3 rings (SSSR count). The van der Waals surface area contributed by atoms with Crippen LogP contribution in [-0.4, -0.2) is 12.7 Å². The van der Waals surface area contributed by atoms with Crippen LogP contribution in [0.4, 0.5) is 0 Å². The Balaban J connectivity index is 1.96. The second-order valence-corrected chi connectivity index (χ2v) is 6.47. The third kappa shape index (κ3) is 2.23. The lowest BCUT2D eigenvalue weighted by atomic mass is 9.96. The minimum absolute atomic E-state index is 0.00616. The summed E-state index contributed by atoms with van der Waals surface area (Å²) < 4.78 is 8.23. The van der Waals surface area contributed by atoms with Crippen LogP contribution in [0, 0.1) is 0 Å². The van der Waals surface area contributed by atoms with Crippen LogP contribution in [0.5, 0.6) is 0 Å². The molecule has 1 aromatic carbocycles. The van der Waals surface area contributed by atoms with Crippen LogP contribution < -0.4 is 5.73 Å². The minimum Gasteiger partial charge on any atom is -0.376 e. The first-order valence-corrected chi connectivity index (χ1v) is 7.97. The molecule has 1 saturated heterocycles. The second kappa shape index (κ2) is 5.29. The van der Waals surface area contributed by atoms with Gasteiger partial charge in [-0.05, 0) is 57.6 Å². The van der Waals surface area contributed by atoms with Crippen LogP contribution in [0.2, 0.25) is 0 Å². The van der Waals surface area contributed by atoms with Gasteiger partial charge in [0.05, 0.1) is 12.1 Å². The van der Waals surface area contributed by atoms with E-state index in [9.17, 15) is 0 Å². The van der Waals surface area contributed by atoms with E-state index in [-0.39, 0.29) is 12.1 Å². The summed E-state index contributed by atoms with van der Waals surface area (Å²) in [5, 5.41) is 3.44. The van der Waals surface area contributed by atoms with Gasteiger partial charge in [0.25, 0.3) is 0 Å². The Kier molecular flexibility index (Phi) is 3.71. The zero-order chi connectivity index (χ0) is 12.5. The van der Waals surface area contributed by atoms with Gasteiger partial charge in [-0.2, -0.15) is 0 Å². The van der Waals surface area contributed by atoms with E-state index in [2.05, 4.69) is 39.5 Å². The number of rotatable bonds is 2. The Morgan fingerprint density at radius 3 is 3.06 bits per heavy atom. The fourth-order valence-corrected chi connectivity index (χ4v) is 4.22. The third-order valence-corrected chi connectivity index (χ3v) is 5.53. The molecule has 2 atom stereocenters. The molecule has 18 heavy (non-hydrogen) atoms. The smallest absolute Gasteiger partial charge is 0.0768 e. The van der Waals surface area contributed by atoms with Crippen LogP contribution in [0.15, 0.2) is 28.1 Å². The van der Waals surface area contributed by atoms with Gasteiger partial charge < -0.3 is 10.5 Å². The molecular formula is C14H16BrNOS. The zero-order valence-electron chi connectivity index (χ0n) is 10.1. The number of halogens is 1. The first-order valence-electron chi connectivity index (χ1n) is 6.30. The first-order chi connectivity index (χ1) is 8.77. The van der Waals surface area contributed by atoms with E-state index in [0.717, 1.165) is 17.5 Å². The van der Waals surface area contributed by atoms with E-state index in [4.69, 9.17) is 10.5 Å². The molecule has 0 aliphatic carbocycles. The van der Waals surface area contributed by atoms with Gasteiger partial charge in [0.15, 0.2) is 0 Å². The molecule has 1 aliphatic rings. The van der Waals surface area contributed by atoms with E-state index in [1.165, 1.54) is 28.5 Å². The lowest BCUT2D eigenvalue weighted by molar-refractivity contribution is 0.000338. The van der Waals surface area contributed by atoms with Gasteiger partial charge in [-0.3, -0.25) is 0 Å². The summed E-state index contributed by atoms with van der Waals surface area (Å²) in [5.74, 6) is 0. The molecule has 2 unspecified atom stereocenters. The molecule has 2 heterocycles. The third-order valence-electron chi connectivity index (χ3n) is 3.56. The van der Waals surface area contributed by atoms with Crippen molar-refractivity contribution in [3.05, 3.63) is 33.6 Å². The molecule has 1 aromatic heterocycles. The Bertz CT molecular complexity index is 548. The topological polar surface area (TPSA) is 35.2 Å². The summed E-state index contributed by atoms with van der Waals surface area (Å²) >= 11 is 5.34. The first kappa shape index (κ1) is 12.6. The number of nitrogens with two attached hydrogens (primary N) is 1. The Morgan fingerprint density at radius 2 is 2.28 bits per heavy atom. The number of hydrogen-bond acceptors (Lipinski definition) is 3. The highest BCUT2D eigenvalue weighted by atomic mass is 79.9. The minimum atomic E-state index is -0.00616. The van der Waals surface area contributed by atoms with Crippen molar-refractivity contribution in [3.63, 3.8) is 0 Å². The molecular weight excluding hydrogens is 310 g/mol. The predicted molar refractivity (Wildman–Crippen MR) is 80.0 cm³/mol. The van der Waals surface area contributed by atoms with Gasteiger partial charge in [-0.25, -0.2) is 0 Å². The lowest BCUT2D eigenvalue weighted by Gasteiger charge is -2.27. The highest BCUT2D eigenvalue weighted by molar-refractivity contribution is 9.10. The molecule has 0 radical (unpaired) electrons. The van der Waals surface area contributed by atoms with E-state index >= 15 is 0 Å². The van der Waals surface area contributed by atoms with E-state index in [1.54, 1.807) is 11.3 Å². The van der Waals surface area contributed by atoms with Gasteiger partial charge >= 0.3 is 0 Å².